The molecule has 0 amide bonds. The van der Waals surface area contributed by atoms with Crippen LogP contribution in [0, 0.1) is 0 Å². The van der Waals surface area contributed by atoms with E-state index in [1.807, 2.05) is 32.0 Å². The minimum atomic E-state index is -3.50. The van der Waals surface area contributed by atoms with Crippen molar-refractivity contribution in [1.82, 2.24) is 9.29 Å². The number of halogens is 1. The van der Waals surface area contributed by atoms with Gasteiger partial charge in [0.2, 0.25) is 0 Å². The monoisotopic (exact) mass is 374 g/mol. The Morgan fingerprint density at radius 1 is 1.30 bits per heavy atom. The lowest BCUT2D eigenvalue weighted by Gasteiger charge is -2.24. The van der Waals surface area contributed by atoms with Crippen molar-refractivity contribution in [3.63, 3.8) is 0 Å². The summed E-state index contributed by atoms with van der Waals surface area (Å²) in [4.78, 5) is 4.20. The van der Waals surface area contributed by atoms with E-state index in [1.54, 1.807) is 18.3 Å². The van der Waals surface area contributed by atoms with E-state index in [0.717, 1.165) is 9.48 Å². The third-order valence-corrected chi connectivity index (χ3v) is 6.84. The van der Waals surface area contributed by atoms with Crippen molar-refractivity contribution in [3.8, 4) is 0 Å². The second-order valence-corrected chi connectivity index (χ2v) is 9.10. The predicted octanol–water partition coefficient (Wildman–Crippen LogP) is 3.50. The highest BCUT2D eigenvalue weighted by atomic mass is 79.9. The average molecular weight is 375 g/mol. The molecule has 0 unspecified atom stereocenters. The Morgan fingerprint density at radius 3 is 2.55 bits per heavy atom. The van der Waals surface area contributed by atoms with Gasteiger partial charge in [-0.15, -0.1) is 11.3 Å². The van der Waals surface area contributed by atoms with Crippen molar-refractivity contribution in [2.75, 3.05) is 0 Å². The van der Waals surface area contributed by atoms with Gasteiger partial charge in [0, 0.05) is 12.2 Å². The molecule has 0 radical (unpaired) electrons. The molecular weight excluding hydrogens is 360 g/mol. The molecule has 2 aromatic rings. The summed E-state index contributed by atoms with van der Waals surface area (Å²) in [5.41, 5.74) is 0.736. The number of pyridine rings is 1. The number of hydrogen-bond donors (Lipinski definition) is 0. The third kappa shape index (κ3) is 3.46. The van der Waals surface area contributed by atoms with Crippen molar-refractivity contribution in [3.05, 3.63) is 46.0 Å². The summed E-state index contributed by atoms with van der Waals surface area (Å²) in [5, 5.41) is 0. The summed E-state index contributed by atoms with van der Waals surface area (Å²) in [5.74, 6) is 0. The van der Waals surface area contributed by atoms with E-state index in [2.05, 4.69) is 20.9 Å². The van der Waals surface area contributed by atoms with Crippen LogP contribution in [0.3, 0.4) is 0 Å². The molecule has 0 fully saturated rings. The smallest absolute Gasteiger partial charge is 0.253 e. The van der Waals surface area contributed by atoms with Crippen LogP contribution in [0.25, 0.3) is 0 Å². The normalized spacial score (nSPS) is 12.2. The molecule has 0 saturated heterocycles. The van der Waals surface area contributed by atoms with Crippen LogP contribution < -0.4 is 0 Å². The number of rotatable bonds is 5. The second kappa shape index (κ2) is 6.34. The molecular formula is C13H15BrN2O2S2. The Kier molecular flexibility index (Phi) is 4.95. The highest BCUT2D eigenvalue weighted by Crippen LogP contribution is 2.30. The van der Waals surface area contributed by atoms with Crippen LogP contribution in [-0.2, 0) is 16.6 Å². The Labute approximate surface area is 131 Å². The van der Waals surface area contributed by atoms with Crippen molar-refractivity contribution < 1.29 is 8.42 Å². The zero-order chi connectivity index (χ0) is 14.8. The largest absolute Gasteiger partial charge is 0.260 e. The van der Waals surface area contributed by atoms with Gasteiger partial charge in [0.15, 0.2) is 0 Å². The first kappa shape index (κ1) is 15.6. The number of thiophene rings is 1. The van der Waals surface area contributed by atoms with Gasteiger partial charge >= 0.3 is 0 Å². The first-order chi connectivity index (χ1) is 9.41. The van der Waals surface area contributed by atoms with E-state index in [9.17, 15) is 8.42 Å². The van der Waals surface area contributed by atoms with Gasteiger partial charge in [0.05, 0.1) is 16.0 Å². The van der Waals surface area contributed by atoms with Gasteiger partial charge < -0.3 is 0 Å². The van der Waals surface area contributed by atoms with Crippen molar-refractivity contribution >= 4 is 37.3 Å². The summed E-state index contributed by atoms with van der Waals surface area (Å²) >= 11 is 4.52. The maximum atomic E-state index is 12.7. The zero-order valence-electron chi connectivity index (χ0n) is 11.2. The standard InChI is InChI=1S/C13H15BrN2O2S2/c1-10(2)16(9-11-5-3-4-8-15-11)20(17,18)13-7-6-12(14)19-13/h3-8,10H,9H2,1-2H3. The van der Waals surface area contributed by atoms with E-state index in [4.69, 9.17) is 0 Å². The SMILES string of the molecule is CC(C)N(Cc1ccccn1)S(=O)(=O)c1ccc(Br)s1. The second-order valence-electron chi connectivity index (χ2n) is 4.52. The number of nitrogens with zero attached hydrogens (tertiary/aromatic N) is 2. The van der Waals surface area contributed by atoms with E-state index in [1.165, 1.54) is 15.6 Å². The van der Waals surface area contributed by atoms with Crippen molar-refractivity contribution in [2.24, 2.45) is 0 Å². The van der Waals surface area contributed by atoms with Crippen LogP contribution in [-0.4, -0.2) is 23.7 Å². The van der Waals surface area contributed by atoms with Crippen LogP contribution >= 0.6 is 27.3 Å². The minimum Gasteiger partial charge on any atom is -0.260 e. The molecule has 0 aromatic carbocycles. The molecule has 2 rings (SSSR count). The van der Waals surface area contributed by atoms with Crippen LogP contribution in [0.4, 0.5) is 0 Å². The Morgan fingerprint density at radius 2 is 2.05 bits per heavy atom. The van der Waals surface area contributed by atoms with Gasteiger partial charge in [0.1, 0.15) is 4.21 Å². The van der Waals surface area contributed by atoms with E-state index >= 15 is 0 Å². The van der Waals surface area contributed by atoms with Crippen molar-refractivity contribution in [2.45, 2.75) is 30.6 Å². The third-order valence-electron chi connectivity index (χ3n) is 2.73. The van der Waals surface area contributed by atoms with Crippen LogP contribution in [0.5, 0.6) is 0 Å². The van der Waals surface area contributed by atoms with Gasteiger partial charge in [-0.1, -0.05) is 6.07 Å². The molecule has 0 N–H and O–H groups in total. The molecule has 20 heavy (non-hydrogen) atoms. The molecule has 0 atom stereocenters. The number of hydrogen-bond acceptors (Lipinski definition) is 4. The topological polar surface area (TPSA) is 50.3 Å². The quantitative estimate of drug-likeness (QED) is 0.804. The molecule has 0 aliphatic rings. The zero-order valence-corrected chi connectivity index (χ0v) is 14.4. The molecule has 108 valence electrons. The summed E-state index contributed by atoms with van der Waals surface area (Å²) in [6.07, 6.45) is 1.67. The molecule has 0 bridgehead atoms. The lowest BCUT2D eigenvalue weighted by molar-refractivity contribution is 0.345. The summed E-state index contributed by atoms with van der Waals surface area (Å²) < 4.78 is 28.0. The first-order valence-electron chi connectivity index (χ1n) is 6.08. The molecule has 7 heteroatoms. The molecule has 0 aliphatic heterocycles. The van der Waals surface area contributed by atoms with Gasteiger partial charge in [-0.25, -0.2) is 8.42 Å². The fourth-order valence-electron chi connectivity index (χ4n) is 1.75. The van der Waals surface area contributed by atoms with Crippen LogP contribution in [0.15, 0.2) is 44.5 Å². The summed E-state index contributed by atoms with van der Waals surface area (Å²) in [6, 6.07) is 8.73. The fourth-order valence-corrected chi connectivity index (χ4v) is 5.50. The maximum Gasteiger partial charge on any atom is 0.253 e. The first-order valence-corrected chi connectivity index (χ1v) is 9.13. The Balaban J connectivity index is 2.33. The van der Waals surface area contributed by atoms with Crippen LogP contribution in [0.1, 0.15) is 19.5 Å². The highest BCUT2D eigenvalue weighted by molar-refractivity contribution is 9.11. The molecule has 0 saturated carbocycles. The molecule has 4 nitrogen and oxygen atoms in total. The molecule has 2 heterocycles. The lowest BCUT2D eigenvalue weighted by atomic mass is 10.3. The lowest BCUT2D eigenvalue weighted by Crippen LogP contribution is -2.36. The van der Waals surface area contributed by atoms with E-state index in [0.29, 0.717) is 4.21 Å². The molecule has 0 aliphatic carbocycles. The summed E-state index contributed by atoms with van der Waals surface area (Å²) in [7, 11) is -3.50. The minimum absolute atomic E-state index is 0.136. The fraction of sp³-hybridized carbons (Fsp3) is 0.308. The Hall–Kier alpha value is -0.760. The van der Waals surface area contributed by atoms with E-state index < -0.39 is 10.0 Å². The highest BCUT2D eigenvalue weighted by Gasteiger charge is 2.28. The van der Waals surface area contributed by atoms with Gasteiger partial charge in [-0.3, -0.25) is 4.98 Å². The van der Waals surface area contributed by atoms with Crippen LogP contribution in [0.2, 0.25) is 0 Å². The number of aromatic nitrogens is 1. The van der Waals surface area contributed by atoms with E-state index in [-0.39, 0.29) is 12.6 Å². The Bertz CT molecular complexity index is 669. The molecule has 0 spiro atoms. The van der Waals surface area contributed by atoms with Gasteiger partial charge in [-0.05, 0) is 54.0 Å². The predicted molar refractivity (Wildman–Crippen MR) is 84.1 cm³/mol. The van der Waals surface area contributed by atoms with Crippen molar-refractivity contribution in [1.29, 1.82) is 0 Å². The average Bonchev–Trinajstić information content (AvgIpc) is 2.84. The number of sulfonamides is 1. The molecule has 2 aromatic heterocycles. The van der Waals surface area contributed by atoms with Gasteiger partial charge in [-0.2, -0.15) is 4.31 Å². The summed E-state index contributed by atoms with van der Waals surface area (Å²) in [6.45, 7) is 4.00. The maximum absolute atomic E-state index is 12.7. The van der Waals surface area contributed by atoms with Gasteiger partial charge in [0.25, 0.3) is 10.0 Å².